The number of carboxylic acid groups (broad SMARTS) is 1. The summed E-state index contributed by atoms with van der Waals surface area (Å²) in [6.07, 6.45) is 7.89. The Balaban J connectivity index is 1.24. The van der Waals surface area contributed by atoms with E-state index in [9.17, 15) is 9.90 Å². The van der Waals surface area contributed by atoms with Gasteiger partial charge in [-0.25, -0.2) is 4.79 Å². The monoisotopic (exact) mass is 608 g/mol. The van der Waals surface area contributed by atoms with Gasteiger partial charge in [0.05, 0.1) is 5.56 Å². The Labute approximate surface area is 277 Å². The van der Waals surface area contributed by atoms with Crippen molar-refractivity contribution >= 4 is 5.97 Å². The third-order valence-corrected chi connectivity index (χ3v) is 9.18. The standard InChI is InChI=1S/C45H36O2/c1-30-3-7-32(8-4-30)34-11-17-38(18-12-34)42-27-43(39-19-13-35(14-20-39)33-9-5-31(2)6-10-33)29-44(28-42)40-21-15-36(16-22-40)37-23-25-41(26-24-37)45(46)47/h3-9,11-29,33H,10H2,1-2H3,(H,46,47)/t33-/m1/s1. The van der Waals surface area contributed by atoms with Gasteiger partial charge in [0, 0.05) is 5.92 Å². The van der Waals surface area contributed by atoms with Crippen LogP contribution in [-0.4, -0.2) is 11.1 Å². The van der Waals surface area contributed by atoms with Crippen LogP contribution in [0.15, 0.2) is 163 Å². The molecule has 0 heterocycles. The zero-order valence-corrected chi connectivity index (χ0v) is 26.7. The predicted molar refractivity (Wildman–Crippen MR) is 196 cm³/mol. The molecule has 47 heavy (non-hydrogen) atoms. The molecule has 7 rings (SSSR count). The highest BCUT2D eigenvalue weighted by Gasteiger charge is 2.13. The number of benzene rings is 6. The first kappa shape index (κ1) is 30.0. The van der Waals surface area contributed by atoms with Gasteiger partial charge in [-0.2, -0.15) is 0 Å². The van der Waals surface area contributed by atoms with Crippen LogP contribution in [0.25, 0.3) is 55.6 Å². The summed E-state index contributed by atoms with van der Waals surface area (Å²) in [6, 6.07) is 49.0. The predicted octanol–water partition coefficient (Wildman–Crippen LogP) is 12.0. The Bertz CT molecular complexity index is 2090. The van der Waals surface area contributed by atoms with E-state index in [1.165, 1.54) is 50.1 Å². The van der Waals surface area contributed by atoms with Gasteiger partial charge in [0.25, 0.3) is 0 Å². The van der Waals surface area contributed by atoms with Crippen LogP contribution in [0.3, 0.4) is 0 Å². The molecule has 0 aliphatic heterocycles. The molecule has 1 aliphatic carbocycles. The van der Waals surface area contributed by atoms with E-state index in [-0.39, 0.29) is 5.56 Å². The summed E-state index contributed by atoms with van der Waals surface area (Å²) in [5.41, 5.74) is 15.6. The van der Waals surface area contributed by atoms with Crippen molar-refractivity contribution < 1.29 is 9.90 Å². The number of aryl methyl sites for hydroxylation is 1. The SMILES string of the molecule is CC1=CC[C@H](c2ccc(-c3cc(-c4ccc(-c5ccc(C)cc5)cc4)cc(-c4ccc(-c5ccc(C(=O)O)cc5)cc4)c3)cc2)C=C1. The molecule has 0 radical (unpaired) electrons. The Morgan fingerprint density at radius 3 is 1.26 bits per heavy atom. The molecule has 2 nitrogen and oxygen atoms in total. The molecule has 0 bridgehead atoms. The quantitative estimate of drug-likeness (QED) is 0.196. The summed E-state index contributed by atoms with van der Waals surface area (Å²) in [7, 11) is 0. The van der Waals surface area contributed by atoms with Crippen molar-refractivity contribution in [2.24, 2.45) is 0 Å². The lowest BCUT2D eigenvalue weighted by Gasteiger charge is -2.16. The van der Waals surface area contributed by atoms with Crippen molar-refractivity contribution in [3.8, 4) is 55.6 Å². The third-order valence-electron chi connectivity index (χ3n) is 9.18. The van der Waals surface area contributed by atoms with Gasteiger partial charge in [-0.15, -0.1) is 0 Å². The first-order chi connectivity index (χ1) is 22.9. The lowest BCUT2D eigenvalue weighted by molar-refractivity contribution is 0.0697. The van der Waals surface area contributed by atoms with Crippen molar-refractivity contribution in [1.29, 1.82) is 0 Å². The fraction of sp³-hybridized carbons (Fsp3) is 0.0889. The summed E-state index contributed by atoms with van der Waals surface area (Å²) in [5, 5.41) is 9.27. The fourth-order valence-corrected chi connectivity index (χ4v) is 6.29. The first-order valence-corrected chi connectivity index (χ1v) is 16.1. The molecule has 0 aromatic heterocycles. The van der Waals surface area contributed by atoms with Crippen LogP contribution in [0.1, 0.15) is 40.7 Å². The molecule has 0 saturated heterocycles. The zero-order valence-electron chi connectivity index (χ0n) is 26.7. The van der Waals surface area contributed by atoms with Crippen LogP contribution >= 0.6 is 0 Å². The molecule has 228 valence electrons. The Hall–Kier alpha value is -5.73. The Morgan fingerprint density at radius 2 is 0.872 bits per heavy atom. The molecule has 0 unspecified atom stereocenters. The van der Waals surface area contributed by atoms with E-state index in [1.807, 2.05) is 12.1 Å². The van der Waals surface area contributed by atoms with E-state index in [1.54, 1.807) is 12.1 Å². The minimum atomic E-state index is -0.917. The van der Waals surface area contributed by atoms with E-state index in [2.05, 4.69) is 147 Å². The summed E-state index contributed by atoms with van der Waals surface area (Å²) in [5.74, 6) is -0.499. The van der Waals surface area contributed by atoms with Crippen molar-refractivity contribution in [2.45, 2.75) is 26.2 Å². The summed E-state index contributed by atoms with van der Waals surface area (Å²) in [6.45, 7) is 4.27. The van der Waals surface area contributed by atoms with Crippen LogP contribution in [0.5, 0.6) is 0 Å². The highest BCUT2D eigenvalue weighted by Crippen LogP contribution is 2.36. The number of hydrogen-bond donors (Lipinski definition) is 1. The third kappa shape index (κ3) is 6.64. The molecule has 0 saturated carbocycles. The highest BCUT2D eigenvalue weighted by molar-refractivity contribution is 5.88. The second-order valence-electron chi connectivity index (χ2n) is 12.5. The molecular weight excluding hydrogens is 572 g/mol. The van der Waals surface area contributed by atoms with E-state index < -0.39 is 5.97 Å². The van der Waals surface area contributed by atoms with E-state index in [0.717, 1.165) is 28.7 Å². The van der Waals surface area contributed by atoms with E-state index in [0.29, 0.717) is 5.92 Å². The van der Waals surface area contributed by atoms with Gasteiger partial charge in [0.2, 0.25) is 0 Å². The molecule has 0 spiro atoms. The topological polar surface area (TPSA) is 37.3 Å². The maximum absolute atomic E-state index is 11.3. The second kappa shape index (κ2) is 12.9. The normalized spacial score (nSPS) is 14.1. The van der Waals surface area contributed by atoms with Crippen LogP contribution in [0.2, 0.25) is 0 Å². The van der Waals surface area contributed by atoms with Gasteiger partial charge < -0.3 is 5.11 Å². The minimum Gasteiger partial charge on any atom is -0.478 e. The van der Waals surface area contributed by atoms with Gasteiger partial charge >= 0.3 is 5.97 Å². The average molecular weight is 609 g/mol. The van der Waals surface area contributed by atoms with Crippen LogP contribution in [0.4, 0.5) is 0 Å². The summed E-state index contributed by atoms with van der Waals surface area (Å²) < 4.78 is 0. The van der Waals surface area contributed by atoms with Gasteiger partial charge in [-0.3, -0.25) is 0 Å². The van der Waals surface area contributed by atoms with Crippen molar-refractivity contribution in [3.63, 3.8) is 0 Å². The van der Waals surface area contributed by atoms with Gasteiger partial charge in [-0.1, -0.05) is 139 Å². The second-order valence-corrected chi connectivity index (χ2v) is 12.5. The molecule has 1 aliphatic rings. The molecule has 6 aromatic carbocycles. The number of rotatable bonds is 7. The Morgan fingerprint density at radius 1 is 0.511 bits per heavy atom. The van der Waals surface area contributed by atoms with Gasteiger partial charge in [-0.05, 0) is 112 Å². The number of aromatic carboxylic acids is 1. The molecule has 0 amide bonds. The molecule has 1 N–H and O–H groups in total. The molecule has 6 aromatic rings. The molecule has 1 atom stereocenters. The lowest BCUT2D eigenvalue weighted by atomic mass is 9.88. The van der Waals surface area contributed by atoms with Crippen molar-refractivity contribution in [1.82, 2.24) is 0 Å². The maximum atomic E-state index is 11.3. The van der Waals surface area contributed by atoms with Gasteiger partial charge in [0.15, 0.2) is 0 Å². The molecule has 0 fully saturated rings. The van der Waals surface area contributed by atoms with Crippen LogP contribution in [-0.2, 0) is 0 Å². The van der Waals surface area contributed by atoms with Gasteiger partial charge in [0.1, 0.15) is 0 Å². The first-order valence-electron chi connectivity index (χ1n) is 16.1. The smallest absolute Gasteiger partial charge is 0.335 e. The largest absolute Gasteiger partial charge is 0.478 e. The number of hydrogen-bond acceptors (Lipinski definition) is 1. The van der Waals surface area contributed by atoms with Crippen molar-refractivity contribution in [2.75, 3.05) is 0 Å². The highest BCUT2D eigenvalue weighted by atomic mass is 16.4. The molecule has 2 heteroatoms. The molecular formula is C45H36O2. The summed E-state index contributed by atoms with van der Waals surface area (Å²) >= 11 is 0. The summed E-state index contributed by atoms with van der Waals surface area (Å²) in [4.78, 5) is 11.3. The lowest BCUT2D eigenvalue weighted by Crippen LogP contribution is -1.97. The number of allylic oxidation sites excluding steroid dienone is 4. The number of carboxylic acids is 1. The van der Waals surface area contributed by atoms with E-state index in [4.69, 9.17) is 0 Å². The Kier molecular flexibility index (Phi) is 8.25. The van der Waals surface area contributed by atoms with E-state index >= 15 is 0 Å². The fourth-order valence-electron chi connectivity index (χ4n) is 6.29. The van der Waals surface area contributed by atoms with Crippen LogP contribution in [0, 0.1) is 6.92 Å². The minimum absolute atomic E-state index is 0.289. The van der Waals surface area contributed by atoms with Crippen LogP contribution < -0.4 is 0 Å². The zero-order chi connectivity index (χ0) is 32.3. The average Bonchev–Trinajstić information content (AvgIpc) is 3.12. The van der Waals surface area contributed by atoms with Crippen molar-refractivity contribution in [3.05, 3.63) is 180 Å². The maximum Gasteiger partial charge on any atom is 0.335 e. The number of carbonyl (C=O) groups is 1.